The highest BCUT2D eigenvalue weighted by atomic mass is 79.9. The first-order chi connectivity index (χ1) is 8.83. The molecule has 0 aromatic carbocycles. The van der Waals surface area contributed by atoms with Gasteiger partial charge in [0.2, 0.25) is 0 Å². The Bertz CT molecular complexity index is 520. The smallest absolute Gasteiger partial charge is 0.252 e. The lowest BCUT2D eigenvalue weighted by Crippen LogP contribution is -2.29. The highest BCUT2D eigenvalue weighted by Crippen LogP contribution is 2.40. The van der Waals surface area contributed by atoms with Crippen LogP contribution in [0.1, 0.15) is 51.3 Å². The fourth-order valence-corrected chi connectivity index (χ4v) is 3.90. The van der Waals surface area contributed by atoms with Crippen molar-refractivity contribution in [2.45, 2.75) is 46.5 Å². The Morgan fingerprint density at radius 3 is 2.58 bits per heavy atom. The fraction of sp³-hybridized carbons (Fsp3) is 0.600. The molecule has 0 aliphatic carbocycles. The number of hydrogen-bond acceptors (Lipinski definition) is 2. The number of carbonyl (C=O) groups is 1. The number of aliphatic imine (C=N–C) groups is 1. The number of nitrogens with zero attached hydrogens (tertiary/aromatic N) is 1. The van der Waals surface area contributed by atoms with Gasteiger partial charge in [0.15, 0.2) is 0 Å². The minimum atomic E-state index is -0.287. The van der Waals surface area contributed by atoms with Crippen molar-refractivity contribution in [3.63, 3.8) is 0 Å². The Morgan fingerprint density at radius 2 is 2.11 bits per heavy atom. The Labute approximate surface area is 127 Å². The molecule has 4 heteroatoms. The van der Waals surface area contributed by atoms with Gasteiger partial charge in [0.1, 0.15) is 0 Å². The summed E-state index contributed by atoms with van der Waals surface area (Å²) in [6, 6.07) is 4.23. The van der Waals surface area contributed by atoms with Gasteiger partial charge in [0.25, 0.3) is 5.91 Å². The van der Waals surface area contributed by atoms with Crippen LogP contribution in [0, 0.1) is 11.3 Å². The third kappa shape index (κ3) is 3.00. The van der Waals surface area contributed by atoms with E-state index in [1.165, 1.54) is 4.88 Å². The standard InChI is InChI=1S/C15H20BrNOS/c1-9(2)15(4)8-11(17-14(15)18)7-10(3)12-5-6-13(16)19-12/h5-6,9-10H,7-8H2,1-4H3/t10-,15?/m1/s1. The van der Waals surface area contributed by atoms with Gasteiger partial charge >= 0.3 is 0 Å². The molecule has 1 amide bonds. The van der Waals surface area contributed by atoms with E-state index in [1.54, 1.807) is 11.3 Å². The molecule has 0 saturated heterocycles. The molecule has 0 fully saturated rings. The van der Waals surface area contributed by atoms with Crippen LogP contribution in [0.4, 0.5) is 0 Å². The Morgan fingerprint density at radius 1 is 1.42 bits per heavy atom. The van der Waals surface area contributed by atoms with Gasteiger partial charge in [-0.25, -0.2) is 4.99 Å². The summed E-state index contributed by atoms with van der Waals surface area (Å²) < 4.78 is 1.16. The summed E-state index contributed by atoms with van der Waals surface area (Å²) >= 11 is 5.26. The van der Waals surface area contributed by atoms with E-state index in [9.17, 15) is 4.79 Å². The van der Waals surface area contributed by atoms with Gasteiger partial charge in [0.05, 0.1) is 9.20 Å². The summed E-state index contributed by atoms with van der Waals surface area (Å²) in [5, 5.41) is 0. The fourth-order valence-electron chi connectivity index (χ4n) is 2.43. The molecule has 2 atom stereocenters. The predicted molar refractivity (Wildman–Crippen MR) is 85.1 cm³/mol. The molecule has 104 valence electrons. The van der Waals surface area contributed by atoms with Crippen molar-refractivity contribution in [1.29, 1.82) is 0 Å². The first-order valence-electron chi connectivity index (χ1n) is 6.69. The van der Waals surface area contributed by atoms with Gasteiger partial charge in [-0.05, 0) is 46.3 Å². The molecule has 1 aromatic rings. The number of halogens is 1. The van der Waals surface area contributed by atoms with E-state index in [1.807, 2.05) is 6.92 Å². The number of hydrogen-bond donors (Lipinski definition) is 0. The van der Waals surface area contributed by atoms with E-state index < -0.39 is 0 Å². The monoisotopic (exact) mass is 341 g/mol. The average molecular weight is 342 g/mol. The van der Waals surface area contributed by atoms with Gasteiger partial charge in [-0.1, -0.05) is 27.7 Å². The summed E-state index contributed by atoms with van der Waals surface area (Å²) in [5.74, 6) is 0.835. The highest BCUT2D eigenvalue weighted by Gasteiger charge is 2.42. The highest BCUT2D eigenvalue weighted by molar-refractivity contribution is 9.11. The van der Waals surface area contributed by atoms with Gasteiger partial charge in [-0.2, -0.15) is 0 Å². The van der Waals surface area contributed by atoms with Gasteiger partial charge in [-0.15, -0.1) is 11.3 Å². The van der Waals surface area contributed by atoms with Crippen LogP contribution in [0.2, 0.25) is 0 Å². The first-order valence-corrected chi connectivity index (χ1v) is 8.30. The first kappa shape index (κ1) is 14.9. The van der Waals surface area contributed by atoms with Crippen molar-refractivity contribution >= 4 is 38.9 Å². The van der Waals surface area contributed by atoms with E-state index in [-0.39, 0.29) is 11.3 Å². The molecule has 2 rings (SSSR count). The third-order valence-electron chi connectivity index (χ3n) is 4.22. The molecule has 1 aliphatic heterocycles. The topological polar surface area (TPSA) is 29.4 Å². The van der Waals surface area contributed by atoms with Gasteiger partial charge in [0, 0.05) is 17.0 Å². The molecule has 0 N–H and O–H groups in total. The normalized spacial score (nSPS) is 24.9. The Balaban J connectivity index is 2.06. The molecule has 1 aromatic heterocycles. The van der Waals surface area contributed by atoms with E-state index in [2.05, 4.69) is 53.8 Å². The van der Waals surface area contributed by atoms with Gasteiger partial charge in [-0.3, -0.25) is 4.79 Å². The molecular formula is C15H20BrNOS. The lowest BCUT2D eigenvalue weighted by Gasteiger charge is -2.25. The van der Waals surface area contributed by atoms with Crippen molar-refractivity contribution in [3.8, 4) is 0 Å². The summed E-state index contributed by atoms with van der Waals surface area (Å²) in [4.78, 5) is 17.7. The maximum Gasteiger partial charge on any atom is 0.252 e. The van der Waals surface area contributed by atoms with Crippen LogP contribution in [0.3, 0.4) is 0 Å². The van der Waals surface area contributed by atoms with Crippen molar-refractivity contribution in [2.75, 3.05) is 0 Å². The molecule has 1 aliphatic rings. The minimum absolute atomic E-state index is 0.0667. The number of carbonyl (C=O) groups excluding carboxylic acids is 1. The largest absolute Gasteiger partial charge is 0.272 e. The predicted octanol–water partition coefficient (Wildman–Crippen LogP) is 5.04. The van der Waals surface area contributed by atoms with Crippen molar-refractivity contribution in [2.24, 2.45) is 16.3 Å². The maximum absolute atomic E-state index is 12.1. The number of amides is 1. The molecule has 19 heavy (non-hydrogen) atoms. The summed E-state index contributed by atoms with van der Waals surface area (Å²) in [6.07, 6.45) is 1.71. The average Bonchev–Trinajstić information content (AvgIpc) is 2.85. The minimum Gasteiger partial charge on any atom is -0.272 e. The van der Waals surface area contributed by atoms with Crippen molar-refractivity contribution in [1.82, 2.24) is 0 Å². The van der Waals surface area contributed by atoms with Crippen LogP contribution >= 0.6 is 27.3 Å². The van der Waals surface area contributed by atoms with Crippen LogP contribution < -0.4 is 0 Å². The van der Waals surface area contributed by atoms with E-state index in [0.717, 1.165) is 22.3 Å². The second kappa shape index (κ2) is 5.49. The van der Waals surface area contributed by atoms with Gasteiger partial charge < -0.3 is 0 Å². The summed E-state index contributed by atoms with van der Waals surface area (Å²) in [7, 11) is 0. The molecule has 2 nitrogen and oxygen atoms in total. The summed E-state index contributed by atoms with van der Waals surface area (Å²) in [6.45, 7) is 8.46. The van der Waals surface area contributed by atoms with Crippen LogP contribution in [0.25, 0.3) is 0 Å². The van der Waals surface area contributed by atoms with E-state index >= 15 is 0 Å². The Kier molecular flexibility index (Phi) is 4.31. The second-order valence-corrected chi connectivity index (χ2v) is 8.47. The molecule has 1 unspecified atom stereocenters. The number of thiophene rings is 1. The van der Waals surface area contributed by atoms with Crippen LogP contribution in [-0.4, -0.2) is 11.6 Å². The SMILES string of the molecule is CC(C)C1(C)CC(C[C@@H](C)c2ccc(Br)s2)=NC1=O. The third-order valence-corrected chi connectivity index (χ3v) is 6.07. The molecule has 0 spiro atoms. The quantitative estimate of drug-likeness (QED) is 0.754. The van der Waals surface area contributed by atoms with Crippen LogP contribution in [0.5, 0.6) is 0 Å². The molecule has 0 saturated carbocycles. The second-order valence-electron chi connectivity index (χ2n) is 5.98. The van der Waals surface area contributed by atoms with Crippen molar-refractivity contribution in [3.05, 3.63) is 20.8 Å². The molecule has 0 bridgehead atoms. The lowest BCUT2D eigenvalue weighted by atomic mass is 9.76. The number of rotatable bonds is 4. The summed E-state index contributed by atoms with van der Waals surface area (Å²) in [5.41, 5.74) is 0.781. The zero-order chi connectivity index (χ0) is 14.2. The lowest BCUT2D eigenvalue weighted by molar-refractivity contribution is -0.127. The Hall–Kier alpha value is -0.480. The zero-order valence-electron chi connectivity index (χ0n) is 11.9. The molecular weight excluding hydrogens is 322 g/mol. The molecule has 2 heterocycles. The molecule has 0 radical (unpaired) electrons. The van der Waals surface area contributed by atoms with Crippen LogP contribution in [-0.2, 0) is 4.79 Å². The van der Waals surface area contributed by atoms with E-state index in [4.69, 9.17) is 0 Å². The maximum atomic E-state index is 12.1. The van der Waals surface area contributed by atoms with Crippen LogP contribution in [0.15, 0.2) is 20.9 Å². The van der Waals surface area contributed by atoms with Crippen molar-refractivity contribution < 1.29 is 4.79 Å². The zero-order valence-corrected chi connectivity index (χ0v) is 14.3. The van der Waals surface area contributed by atoms with E-state index in [0.29, 0.717) is 11.8 Å².